The van der Waals surface area contributed by atoms with Crippen LogP contribution in [0.4, 0.5) is 29.5 Å². The summed E-state index contributed by atoms with van der Waals surface area (Å²) in [7, 11) is 1.76. The Morgan fingerprint density at radius 1 is 1.13 bits per heavy atom. The van der Waals surface area contributed by atoms with E-state index in [-0.39, 0.29) is 17.7 Å². The summed E-state index contributed by atoms with van der Waals surface area (Å²) >= 11 is 0. The minimum absolute atomic E-state index is 0.0229. The molecule has 0 N–H and O–H groups in total. The Labute approximate surface area is 168 Å². The SMILES string of the molecule is CN1CCN(c2cnn(C3CCN(c4ccc5nnc(C(F)(F)F)n5n4)C3)c2)C1=O. The van der Waals surface area contributed by atoms with Crippen molar-refractivity contribution in [1.29, 1.82) is 0 Å². The molecule has 2 amide bonds. The molecule has 0 bridgehead atoms. The van der Waals surface area contributed by atoms with Gasteiger partial charge in [-0.15, -0.1) is 15.3 Å². The molecular formula is C17H18F3N9O. The number of amides is 2. The quantitative estimate of drug-likeness (QED) is 0.639. The van der Waals surface area contributed by atoms with Gasteiger partial charge in [0.25, 0.3) is 5.82 Å². The second-order valence-electron chi connectivity index (χ2n) is 7.41. The smallest absolute Gasteiger partial charge is 0.353 e. The number of nitrogens with zero attached hydrogens (tertiary/aromatic N) is 9. The fourth-order valence-electron chi connectivity index (χ4n) is 3.84. The fourth-order valence-corrected chi connectivity index (χ4v) is 3.84. The van der Waals surface area contributed by atoms with Crippen molar-refractivity contribution in [3.05, 3.63) is 30.4 Å². The number of rotatable bonds is 3. The van der Waals surface area contributed by atoms with Gasteiger partial charge in [0, 0.05) is 39.4 Å². The number of carbonyl (C=O) groups excluding carboxylic acids is 1. The zero-order valence-electron chi connectivity index (χ0n) is 16.0. The van der Waals surface area contributed by atoms with Crippen LogP contribution in [0.2, 0.25) is 0 Å². The van der Waals surface area contributed by atoms with E-state index in [4.69, 9.17) is 0 Å². The number of carbonyl (C=O) groups is 1. The van der Waals surface area contributed by atoms with Crippen molar-refractivity contribution in [2.45, 2.75) is 18.6 Å². The zero-order chi connectivity index (χ0) is 21.0. The summed E-state index contributed by atoms with van der Waals surface area (Å²) in [5, 5.41) is 15.2. The molecule has 3 aromatic rings. The van der Waals surface area contributed by atoms with Gasteiger partial charge in [-0.05, 0) is 18.6 Å². The molecule has 0 aliphatic carbocycles. The van der Waals surface area contributed by atoms with Crippen molar-refractivity contribution in [3.8, 4) is 0 Å². The lowest BCUT2D eigenvalue weighted by Crippen LogP contribution is -2.28. The maximum Gasteiger partial charge on any atom is 0.453 e. The summed E-state index contributed by atoms with van der Waals surface area (Å²) in [5.41, 5.74) is 0.778. The van der Waals surface area contributed by atoms with Gasteiger partial charge in [-0.2, -0.15) is 22.8 Å². The molecule has 158 valence electrons. The monoisotopic (exact) mass is 421 g/mol. The summed E-state index contributed by atoms with van der Waals surface area (Å²) in [4.78, 5) is 17.4. The first-order chi connectivity index (χ1) is 14.3. The molecule has 2 aliphatic heterocycles. The van der Waals surface area contributed by atoms with E-state index in [9.17, 15) is 18.0 Å². The summed E-state index contributed by atoms with van der Waals surface area (Å²) in [6.45, 7) is 2.44. The van der Waals surface area contributed by atoms with Gasteiger partial charge in [0.05, 0.1) is 17.9 Å². The van der Waals surface area contributed by atoms with Crippen LogP contribution < -0.4 is 9.80 Å². The Morgan fingerprint density at radius 3 is 2.70 bits per heavy atom. The van der Waals surface area contributed by atoms with Crippen molar-refractivity contribution in [3.63, 3.8) is 0 Å². The van der Waals surface area contributed by atoms with Gasteiger partial charge in [-0.3, -0.25) is 9.58 Å². The zero-order valence-corrected chi connectivity index (χ0v) is 16.0. The standard InChI is InChI=1S/C17H18F3N9O/c1-25-6-7-27(16(25)30)12-8-21-28(10-12)11-4-5-26(9-11)14-3-2-13-22-23-15(17(18,19)20)29(13)24-14/h2-3,8,10-11H,4-7,9H2,1H3. The molecule has 2 fully saturated rings. The Balaban J connectivity index is 1.35. The Kier molecular flexibility index (Phi) is 4.08. The van der Waals surface area contributed by atoms with E-state index in [1.165, 1.54) is 6.07 Å². The number of aromatic nitrogens is 6. The van der Waals surface area contributed by atoms with E-state index in [1.54, 1.807) is 33.8 Å². The third-order valence-corrected chi connectivity index (χ3v) is 5.48. The van der Waals surface area contributed by atoms with Crippen LogP contribution in [-0.4, -0.2) is 73.7 Å². The number of likely N-dealkylation sites (N-methyl/N-ethyl adjacent to an activating group) is 1. The molecule has 2 saturated heterocycles. The molecule has 3 aromatic heterocycles. The van der Waals surface area contributed by atoms with Gasteiger partial charge in [-0.1, -0.05) is 0 Å². The molecule has 0 spiro atoms. The average Bonchev–Trinajstić information content (AvgIpc) is 3.47. The topological polar surface area (TPSA) is 87.7 Å². The Morgan fingerprint density at radius 2 is 1.97 bits per heavy atom. The molecule has 0 radical (unpaired) electrons. The van der Waals surface area contributed by atoms with Gasteiger partial charge < -0.3 is 9.80 Å². The van der Waals surface area contributed by atoms with Crippen LogP contribution in [0.15, 0.2) is 24.5 Å². The molecule has 0 saturated carbocycles. The van der Waals surface area contributed by atoms with Crippen LogP contribution in [-0.2, 0) is 6.18 Å². The van der Waals surface area contributed by atoms with E-state index in [1.807, 2.05) is 11.1 Å². The van der Waals surface area contributed by atoms with Crippen LogP contribution in [0, 0.1) is 0 Å². The highest BCUT2D eigenvalue weighted by molar-refractivity contribution is 5.93. The number of alkyl halides is 3. The van der Waals surface area contributed by atoms with Gasteiger partial charge in [0.2, 0.25) is 0 Å². The van der Waals surface area contributed by atoms with E-state index in [0.717, 1.165) is 16.6 Å². The number of urea groups is 1. The van der Waals surface area contributed by atoms with Crippen molar-refractivity contribution < 1.29 is 18.0 Å². The molecule has 0 aromatic carbocycles. The van der Waals surface area contributed by atoms with Gasteiger partial charge in [-0.25, -0.2) is 4.79 Å². The van der Waals surface area contributed by atoms with Gasteiger partial charge >= 0.3 is 12.2 Å². The second-order valence-corrected chi connectivity index (χ2v) is 7.41. The predicted molar refractivity (Wildman–Crippen MR) is 99.3 cm³/mol. The molecule has 13 heteroatoms. The van der Waals surface area contributed by atoms with E-state index in [0.29, 0.717) is 32.0 Å². The average molecular weight is 421 g/mol. The van der Waals surface area contributed by atoms with E-state index < -0.39 is 12.0 Å². The summed E-state index contributed by atoms with van der Waals surface area (Å²) in [6, 6.07) is 3.07. The molecule has 1 unspecified atom stereocenters. The maximum atomic E-state index is 13.1. The molecular weight excluding hydrogens is 403 g/mol. The van der Waals surface area contributed by atoms with Crippen LogP contribution in [0.25, 0.3) is 5.65 Å². The predicted octanol–water partition coefficient (Wildman–Crippen LogP) is 1.66. The lowest BCUT2D eigenvalue weighted by molar-refractivity contribution is -0.146. The van der Waals surface area contributed by atoms with E-state index in [2.05, 4.69) is 20.4 Å². The summed E-state index contributed by atoms with van der Waals surface area (Å²) in [6.07, 6.45) is -0.381. The summed E-state index contributed by atoms with van der Waals surface area (Å²) in [5.74, 6) is -0.730. The first-order valence-corrected chi connectivity index (χ1v) is 9.42. The van der Waals surface area contributed by atoms with Crippen LogP contribution in [0.3, 0.4) is 0 Å². The molecule has 30 heavy (non-hydrogen) atoms. The molecule has 1 atom stereocenters. The summed E-state index contributed by atoms with van der Waals surface area (Å²) < 4.78 is 41.8. The Bertz CT molecular complexity index is 1110. The van der Waals surface area contributed by atoms with Crippen molar-refractivity contribution in [2.75, 3.05) is 43.0 Å². The molecule has 10 nitrogen and oxygen atoms in total. The second kappa shape index (κ2) is 6.57. The third kappa shape index (κ3) is 3.00. The normalized spacial score (nSPS) is 20.2. The molecule has 5 heterocycles. The van der Waals surface area contributed by atoms with E-state index >= 15 is 0 Å². The van der Waals surface area contributed by atoms with Crippen LogP contribution >= 0.6 is 0 Å². The Hall–Kier alpha value is -3.38. The van der Waals surface area contributed by atoms with Crippen LogP contribution in [0.1, 0.15) is 18.3 Å². The minimum Gasteiger partial charge on any atom is -0.353 e. The van der Waals surface area contributed by atoms with Gasteiger partial charge in [0.15, 0.2) is 5.65 Å². The third-order valence-electron chi connectivity index (χ3n) is 5.48. The molecule has 2 aliphatic rings. The minimum atomic E-state index is -4.63. The molecule has 5 rings (SSSR count). The lowest BCUT2D eigenvalue weighted by atomic mass is 10.3. The first kappa shape index (κ1) is 18.6. The number of fused-ring (bicyclic) bond motifs is 1. The lowest BCUT2D eigenvalue weighted by Gasteiger charge is -2.18. The maximum absolute atomic E-state index is 13.1. The highest BCUT2D eigenvalue weighted by Gasteiger charge is 2.38. The number of halogens is 3. The highest BCUT2D eigenvalue weighted by atomic mass is 19.4. The number of hydrogen-bond acceptors (Lipinski definition) is 6. The largest absolute Gasteiger partial charge is 0.453 e. The van der Waals surface area contributed by atoms with Crippen molar-refractivity contribution >= 4 is 23.2 Å². The fraction of sp³-hybridized carbons (Fsp3) is 0.471. The van der Waals surface area contributed by atoms with Gasteiger partial charge in [0.1, 0.15) is 5.82 Å². The van der Waals surface area contributed by atoms with Crippen LogP contribution in [0.5, 0.6) is 0 Å². The number of hydrogen-bond donors (Lipinski definition) is 0. The van der Waals surface area contributed by atoms with Crippen molar-refractivity contribution in [1.82, 2.24) is 34.5 Å². The highest BCUT2D eigenvalue weighted by Crippen LogP contribution is 2.30. The van der Waals surface area contributed by atoms with Crippen molar-refractivity contribution in [2.24, 2.45) is 0 Å². The number of anilines is 2. The first-order valence-electron chi connectivity index (χ1n) is 9.42.